The van der Waals surface area contributed by atoms with Crippen LogP contribution in [0.3, 0.4) is 0 Å². The van der Waals surface area contributed by atoms with Gasteiger partial charge in [-0.25, -0.2) is 5.32 Å². The summed E-state index contributed by atoms with van der Waals surface area (Å²) in [6.45, 7) is 6.68. The van der Waals surface area contributed by atoms with E-state index in [1.54, 1.807) is 0 Å². The molecule has 0 unspecified atom stereocenters. The summed E-state index contributed by atoms with van der Waals surface area (Å²) < 4.78 is 0. The Morgan fingerprint density at radius 3 is 1.70 bits per heavy atom. The van der Waals surface area contributed by atoms with Crippen molar-refractivity contribution >= 4 is 0 Å². The van der Waals surface area contributed by atoms with Gasteiger partial charge in [0.1, 0.15) is 0 Å². The molecule has 0 aromatic rings. The molecule has 0 fully saturated rings. The van der Waals surface area contributed by atoms with E-state index in [1.807, 2.05) is 0 Å². The Labute approximate surface area is 128 Å². The molecular formula is C19H38N. The van der Waals surface area contributed by atoms with Crippen LogP contribution in [0.2, 0.25) is 0 Å². The van der Waals surface area contributed by atoms with Crippen LogP contribution >= 0.6 is 0 Å². The van der Waals surface area contributed by atoms with Gasteiger partial charge in [0.25, 0.3) is 0 Å². The molecule has 20 heavy (non-hydrogen) atoms. The topological polar surface area (TPSA) is 14.1 Å². The van der Waals surface area contributed by atoms with Crippen molar-refractivity contribution in [3.8, 4) is 0 Å². The smallest absolute Gasteiger partial charge is 0.0133 e. The fraction of sp³-hybridized carbons (Fsp3) is 0.895. The van der Waals surface area contributed by atoms with Crippen LogP contribution in [0.4, 0.5) is 0 Å². The average molecular weight is 281 g/mol. The van der Waals surface area contributed by atoms with E-state index in [-0.39, 0.29) is 0 Å². The van der Waals surface area contributed by atoms with Crippen molar-refractivity contribution in [2.24, 2.45) is 0 Å². The van der Waals surface area contributed by atoms with Gasteiger partial charge in [0.05, 0.1) is 0 Å². The molecule has 0 spiro atoms. The molecule has 1 nitrogen and oxygen atoms in total. The molecule has 0 atom stereocenters. The molecule has 1 heteroatoms. The van der Waals surface area contributed by atoms with Crippen LogP contribution in [-0.2, 0) is 0 Å². The highest BCUT2D eigenvalue weighted by Crippen LogP contribution is 2.09. The fourth-order valence-corrected chi connectivity index (χ4v) is 2.31. The van der Waals surface area contributed by atoms with E-state index in [2.05, 4.69) is 31.3 Å². The third kappa shape index (κ3) is 17.7. The zero-order valence-corrected chi connectivity index (χ0v) is 14.2. The third-order valence-electron chi connectivity index (χ3n) is 3.75. The second-order valence-electron chi connectivity index (χ2n) is 5.90. The highest BCUT2D eigenvalue weighted by atomic mass is 14.8. The van der Waals surface area contributed by atoms with Crippen molar-refractivity contribution in [3.05, 3.63) is 12.2 Å². The van der Waals surface area contributed by atoms with Gasteiger partial charge in [-0.3, -0.25) is 0 Å². The predicted octanol–water partition coefficient (Wildman–Crippen LogP) is 6.26. The Morgan fingerprint density at radius 1 is 0.550 bits per heavy atom. The van der Waals surface area contributed by atoms with Crippen molar-refractivity contribution in [1.82, 2.24) is 5.32 Å². The maximum Gasteiger partial charge on any atom is 0.0133 e. The summed E-state index contributed by atoms with van der Waals surface area (Å²) in [5, 5.41) is 4.54. The first-order valence-electron chi connectivity index (χ1n) is 9.20. The third-order valence-corrected chi connectivity index (χ3v) is 3.75. The predicted molar refractivity (Wildman–Crippen MR) is 92.4 cm³/mol. The normalized spacial score (nSPS) is 11.5. The lowest BCUT2D eigenvalue weighted by Crippen LogP contribution is -2.07. The zero-order valence-electron chi connectivity index (χ0n) is 14.2. The van der Waals surface area contributed by atoms with Crippen LogP contribution in [0.15, 0.2) is 12.2 Å². The maximum absolute atomic E-state index is 4.54. The van der Waals surface area contributed by atoms with Crippen molar-refractivity contribution in [2.75, 3.05) is 13.1 Å². The van der Waals surface area contributed by atoms with E-state index in [0.717, 1.165) is 13.1 Å². The summed E-state index contributed by atoms with van der Waals surface area (Å²) in [7, 11) is 0. The van der Waals surface area contributed by atoms with Crippen LogP contribution in [0.1, 0.15) is 97.3 Å². The highest BCUT2D eigenvalue weighted by molar-refractivity contribution is 4.81. The number of allylic oxidation sites excluding steroid dienone is 2. The van der Waals surface area contributed by atoms with Gasteiger partial charge >= 0.3 is 0 Å². The highest BCUT2D eigenvalue weighted by Gasteiger charge is 1.92. The van der Waals surface area contributed by atoms with Crippen LogP contribution in [0.25, 0.3) is 0 Å². The number of rotatable bonds is 16. The quantitative estimate of drug-likeness (QED) is 0.234. The Balaban J connectivity index is 2.97. The van der Waals surface area contributed by atoms with Gasteiger partial charge in [-0.05, 0) is 32.1 Å². The molecule has 0 amide bonds. The minimum Gasteiger partial charge on any atom is -0.242 e. The summed E-state index contributed by atoms with van der Waals surface area (Å²) in [6, 6.07) is 0. The van der Waals surface area contributed by atoms with Crippen LogP contribution < -0.4 is 5.32 Å². The Hall–Kier alpha value is -0.300. The summed E-state index contributed by atoms with van der Waals surface area (Å²) in [4.78, 5) is 0. The SMILES string of the molecule is CCCCC=CCCCCCCCCC[N]CCCC. The second kappa shape index (κ2) is 18.7. The summed E-state index contributed by atoms with van der Waals surface area (Å²) in [5.74, 6) is 0. The molecule has 0 N–H and O–H groups in total. The molecule has 0 saturated heterocycles. The maximum atomic E-state index is 4.54. The molecule has 0 aliphatic carbocycles. The number of unbranched alkanes of at least 4 members (excludes halogenated alkanes) is 10. The number of nitrogens with zero attached hydrogens (tertiary/aromatic N) is 1. The monoisotopic (exact) mass is 280 g/mol. The molecule has 0 aliphatic heterocycles. The second-order valence-corrected chi connectivity index (χ2v) is 5.90. The average Bonchev–Trinajstić information content (AvgIpc) is 2.47. The standard InChI is InChI=1S/C19H38N/c1-3-5-7-8-9-10-11-12-13-14-15-16-17-19-20-18-6-4-2/h8-9H,3-7,10-19H2,1-2H3. The molecule has 1 radical (unpaired) electrons. The van der Waals surface area contributed by atoms with E-state index in [4.69, 9.17) is 0 Å². The van der Waals surface area contributed by atoms with Gasteiger partial charge in [-0.15, -0.1) is 0 Å². The van der Waals surface area contributed by atoms with E-state index in [1.165, 1.54) is 83.5 Å². The van der Waals surface area contributed by atoms with E-state index < -0.39 is 0 Å². The summed E-state index contributed by atoms with van der Waals surface area (Å²) in [5.41, 5.74) is 0. The molecule has 119 valence electrons. The lowest BCUT2D eigenvalue weighted by atomic mass is 10.1. The summed E-state index contributed by atoms with van der Waals surface area (Å²) in [6.07, 6.45) is 22.3. The molecule has 0 heterocycles. The largest absolute Gasteiger partial charge is 0.242 e. The Morgan fingerprint density at radius 2 is 1.05 bits per heavy atom. The molecule has 0 aromatic heterocycles. The van der Waals surface area contributed by atoms with Crippen LogP contribution in [0.5, 0.6) is 0 Å². The van der Waals surface area contributed by atoms with Crippen molar-refractivity contribution in [3.63, 3.8) is 0 Å². The molecular weight excluding hydrogens is 242 g/mol. The first-order chi connectivity index (χ1) is 9.91. The first kappa shape index (κ1) is 19.7. The van der Waals surface area contributed by atoms with E-state index in [9.17, 15) is 0 Å². The molecule has 0 saturated carbocycles. The number of hydrogen-bond acceptors (Lipinski definition) is 0. The molecule has 0 bridgehead atoms. The van der Waals surface area contributed by atoms with Crippen molar-refractivity contribution in [1.29, 1.82) is 0 Å². The zero-order chi connectivity index (χ0) is 14.7. The van der Waals surface area contributed by atoms with Crippen LogP contribution in [-0.4, -0.2) is 13.1 Å². The van der Waals surface area contributed by atoms with Gasteiger partial charge in [0.15, 0.2) is 0 Å². The van der Waals surface area contributed by atoms with Crippen molar-refractivity contribution < 1.29 is 0 Å². The van der Waals surface area contributed by atoms with Gasteiger partial charge in [0.2, 0.25) is 0 Å². The molecule has 0 rings (SSSR count). The Bertz CT molecular complexity index is 186. The van der Waals surface area contributed by atoms with Gasteiger partial charge in [0, 0.05) is 13.1 Å². The van der Waals surface area contributed by atoms with Crippen LogP contribution in [0, 0.1) is 0 Å². The van der Waals surface area contributed by atoms with Gasteiger partial charge in [-0.1, -0.05) is 77.4 Å². The fourth-order valence-electron chi connectivity index (χ4n) is 2.31. The first-order valence-corrected chi connectivity index (χ1v) is 9.20. The van der Waals surface area contributed by atoms with E-state index >= 15 is 0 Å². The van der Waals surface area contributed by atoms with Gasteiger partial charge < -0.3 is 0 Å². The Kier molecular flexibility index (Phi) is 18.4. The summed E-state index contributed by atoms with van der Waals surface area (Å²) >= 11 is 0. The number of hydrogen-bond donors (Lipinski definition) is 0. The minimum absolute atomic E-state index is 1.09. The lowest BCUT2D eigenvalue weighted by molar-refractivity contribution is 0.547. The minimum atomic E-state index is 1.09. The molecule has 0 aromatic carbocycles. The lowest BCUT2D eigenvalue weighted by Gasteiger charge is -2.02. The molecule has 0 aliphatic rings. The van der Waals surface area contributed by atoms with Gasteiger partial charge in [-0.2, -0.15) is 0 Å². The van der Waals surface area contributed by atoms with E-state index in [0.29, 0.717) is 0 Å². The van der Waals surface area contributed by atoms with Crippen molar-refractivity contribution in [2.45, 2.75) is 97.3 Å².